The number of hydrogen-bond acceptors (Lipinski definition) is 4. The minimum absolute atomic E-state index is 0.295. The summed E-state index contributed by atoms with van der Waals surface area (Å²) in [6.07, 6.45) is 1.35. The standard InChI is InChI=1S/C12H21N3O2/c1-11(2,3)17-10(16)15-8-5-12(14,4-7-13)6-9-15/h4-6,8-9,14H2,1-3H3. The lowest BCUT2D eigenvalue weighted by Gasteiger charge is -2.38. The lowest BCUT2D eigenvalue weighted by Crippen LogP contribution is -2.52. The lowest BCUT2D eigenvalue weighted by atomic mass is 9.86. The first kappa shape index (κ1) is 13.8. The first-order chi connectivity index (χ1) is 7.76. The Bertz CT molecular complexity index is 320. The zero-order valence-corrected chi connectivity index (χ0v) is 10.8. The predicted octanol–water partition coefficient (Wildman–Crippen LogP) is 1.63. The third-order valence-electron chi connectivity index (χ3n) is 2.84. The van der Waals surface area contributed by atoms with Crippen LogP contribution in [0.5, 0.6) is 0 Å². The highest BCUT2D eigenvalue weighted by atomic mass is 16.6. The number of carbonyl (C=O) groups is 1. The molecule has 0 aromatic rings. The number of nitrogens with two attached hydrogens (primary N) is 1. The summed E-state index contributed by atoms with van der Waals surface area (Å²) in [5.74, 6) is 0. The molecule has 1 rings (SSSR count). The van der Waals surface area contributed by atoms with Gasteiger partial charge in [0.2, 0.25) is 0 Å². The highest BCUT2D eigenvalue weighted by molar-refractivity contribution is 5.68. The van der Waals surface area contributed by atoms with Crippen molar-refractivity contribution in [3.63, 3.8) is 0 Å². The molecular weight excluding hydrogens is 218 g/mol. The zero-order chi connectivity index (χ0) is 13.1. The van der Waals surface area contributed by atoms with Crippen molar-refractivity contribution in [2.45, 2.75) is 51.2 Å². The summed E-state index contributed by atoms with van der Waals surface area (Å²) in [5, 5.41) is 8.68. The second-order valence-electron chi connectivity index (χ2n) is 5.66. The van der Waals surface area contributed by atoms with Crippen LogP contribution in [0.1, 0.15) is 40.0 Å². The highest BCUT2D eigenvalue weighted by Crippen LogP contribution is 2.23. The number of rotatable bonds is 1. The fourth-order valence-corrected chi connectivity index (χ4v) is 1.80. The second-order valence-corrected chi connectivity index (χ2v) is 5.66. The van der Waals surface area contributed by atoms with E-state index in [1.807, 2.05) is 20.8 Å². The minimum Gasteiger partial charge on any atom is -0.444 e. The van der Waals surface area contributed by atoms with Gasteiger partial charge in [0.1, 0.15) is 5.60 Å². The molecule has 0 unspecified atom stereocenters. The van der Waals surface area contributed by atoms with E-state index in [9.17, 15) is 4.79 Å². The van der Waals surface area contributed by atoms with Crippen LogP contribution in [0.2, 0.25) is 0 Å². The van der Waals surface area contributed by atoms with E-state index >= 15 is 0 Å². The quantitative estimate of drug-likeness (QED) is 0.754. The molecule has 96 valence electrons. The number of hydrogen-bond donors (Lipinski definition) is 1. The Kier molecular flexibility index (Phi) is 3.99. The molecule has 1 saturated heterocycles. The molecule has 5 nitrogen and oxygen atoms in total. The van der Waals surface area contributed by atoms with Gasteiger partial charge in [0.15, 0.2) is 0 Å². The van der Waals surface area contributed by atoms with Gasteiger partial charge in [-0.2, -0.15) is 5.26 Å². The first-order valence-corrected chi connectivity index (χ1v) is 5.89. The molecule has 0 aromatic carbocycles. The van der Waals surface area contributed by atoms with E-state index in [4.69, 9.17) is 15.7 Å². The number of likely N-dealkylation sites (tertiary alicyclic amines) is 1. The van der Waals surface area contributed by atoms with Crippen molar-refractivity contribution >= 4 is 6.09 Å². The first-order valence-electron chi connectivity index (χ1n) is 5.89. The van der Waals surface area contributed by atoms with Crippen LogP contribution in [0.25, 0.3) is 0 Å². The molecule has 0 bridgehead atoms. The fraction of sp³-hybridized carbons (Fsp3) is 0.833. The Balaban J connectivity index is 2.47. The van der Waals surface area contributed by atoms with Crippen molar-refractivity contribution in [1.82, 2.24) is 4.90 Å². The van der Waals surface area contributed by atoms with Gasteiger partial charge in [-0.15, -0.1) is 0 Å². The molecule has 0 spiro atoms. The smallest absolute Gasteiger partial charge is 0.410 e. The summed E-state index contributed by atoms with van der Waals surface area (Å²) in [6, 6.07) is 2.10. The Morgan fingerprint density at radius 1 is 1.47 bits per heavy atom. The third-order valence-corrected chi connectivity index (χ3v) is 2.84. The van der Waals surface area contributed by atoms with E-state index < -0.39 is 11.1 Å². The SMILES string of the molecule is CC(C)(C)OC(=O)N1CCC(N)(CC#N)CC1. The molecule has 0 radical (unpaired) electrons. The molecule has 1 aliphatic heterocycles. The Hall–Kier alpha value is -1.28. The van der Waals surface area contributed by atoms with Crippen LogP contribution in [-0.4, -0.2) is 35.2 Å². The molecule has 0 aromatic heterocycles. The molecule has 2 N–H and O–H groups in total. The normalized spacial score (nSPS) is 19.6. The number of amides is 1. The van der Waals surface area contributed by atoms with Crippen LogP contribution in [0, 0.1) is 11.3 Å². The molecule has 1 heterocycles. The van der Waals surface area contributed by atoms with Gasteiger partial charge >= 0.3 is 6.09 Å². The van der Waals surface area contributed by atoms with E-state index in [1.165, 1.54) is 0 Å². The average molecular weight is 239 g/mol. The van der Waals surface area contributed by atoms with Gasteiger partial charge in [-0.3, -0.25) is 0 Å². The van der Waals surface area contributed by atoms with Crippen molar-refractivity contribution in [2.24, 2.45) is 5.73 Å². The molecule has 0 aliphatic carbocycles. The van der Waals surface area contributed by atoms with Gasteiger partial charge in [-0.1, -0.05) is 0 Å². The molecule has 0 saturated carbocycles. The fourth-order valence-electron chi connectivity index (χ4n) is 1.80. The van der Waals surface area contributed by atoms with Gasteiger partial charge in [0, 0.05) is 18.6 Å². The van der Waals surface area contributed by atoms with Crippen LogP contribution in [-0.2, 0) is 4.74 Å². The average Bonchev–Trinajstić information content (AvgIpc) is 2.15. The summed E-state index contributed by atoms with van der Waals surface area (Å²) in [4.78, 5) is 13.4. The van der Waals surface area contributed by atoms with Crippen LogP contribution in [0.3, 0.4) is 0 Å². The molecule has 1 aliphatic rings. The molecule has 1 amide bonds. The summed E-state index contributed by atoms with van der Waals surface area (Å²) >= 11 is 0. The van der Waals surface area contributed by atoms with E-state index in [1.54, 1.807) is 4.90 Å². The van der Waals surface area contributed by atoms with E-state index in [-0.39, 0.29) is 6.09 Å². The van der Waals surface area contributed by atoms with Gasteiger partial charge in [0.05, 0.1) is 12.5 Å². The molecular formula is C12H21N3O2. The van der Waals surface area contributed by atoms with Crippen molar-refractivity contribution in [3.8, 4) is 6.07 Å². The van der Waals surface area contributed by atoms with Crippen LogP contribution >= 0.6 is 0 Å². The number of nitrogens with zero attached hydrogens (tertiary/aromatic N) is 2. The van der Waals surface area contributed by atoms with E-state index in [0.29, 0.717) is 32.4 Å². The maximum absolute atomic E-state index is 11.8. The summed E-state index contributed by atoms with van der Waals surface area (Å²) in [6.45, 7) is 6.66. The number of nitriles is 1. The Morgan fingerprint density at radius 3 is 2.41 bits per heavy atom. The number of piperidine rings is 1. The maximum Gasteiger partial charge on any atom is 0.410 e. The highest BCUT2D eigenvalue weighted by Gasteiger charge is 2.33. The lowest BCUT2D eigenvalue weighted by molar-refractivity contribution is 0.0171. The topological polar surface area (TPSA) is 79.3 Å². The molecule has 0 atom stereocenters. The molecule has 17 heavy (non-hydrogen) atoms. The van der Waals surface area contributed by atoms with Crippen molar-refractivity contribution in [2.75, 3.05) is 13.1 Å². The number of carbonyl (C=O) groups excluding carboxylic acids is 1. The van der Waals surface area contributed by atoms with E-state index in [0.717, 1.165) is 0 Å². The Labute approximate surface area is 103 Å². The predicted molar refractivity (Wildman–Crippen MR) is 64.2 cm³/mol. The summed E-state index contributed by atoms with van der Waals surface area (Å²) < 4.78 is 5.29. The van der Waals surface area contributed by atoms with Gasteiger partial charge in [0.25, 0.3) is 0 Å². The largest absolute Gasteiger partial charge is 0.444 e. The maximum atomic E-state index is 11.8. The number of ether oxygens (including phenoxy) is 1. The Morgan fingerprint density at radius 2 is 2.00 bits per heavy atom. The van der Waals surface area contributed by atoms with Gasteiger partial charge < -0.3 is 15.4 Å². The van der Waals surface area contributed by atoms with Crippen molar-refractivity contribution in [3.05, 3.63) is 0 Å². The minimum atomic E-state index is -0.471. The molecule has 1 fully saturated rings. The third kappa shape index (κ3) is 4.23. The summed E-state index contributed by atoms with van der Waals surface area (Å²) in [7, 11) is 0. The van der Waals surface area contributed by atoms with Crippen LogP contribution in [0.4, 0.5) is 4.79 Å². The van der Waals surface area contributed by atoms with Gasteiger partial charge in [-0.05, 0) is 33.6 Å². The molecule has 5 heteroatoms. The van der Waals surface area contributed by atoms with Crippen molar-refractivity contribution < 1.29 is 9.53 Å². The zero-order valence-electron chi connectivity index (χ0n) is 10.8. The van der Waals surface area contributed by atoms with Crippen LogP contribution in [0.15, 0.2) is 0 Å². The van der Waals surface area contributed by atoms with Crippen molar-refractivity contribution in [1.29, 1.82) is 5.26 Å². The van der Waals surface area contributed by atoms with Gasteiger partial charge in [-0.25, -0.2) is 4.79 Å². The monoisotopic (exact) mass is 239 g/mol. The second kappa shape index (κ2) is 4.92. The summed E-state index contributed by atoms with van der Waals surface area (Å²) in [5.41, 5.74) is 5.15. The van der Waals surface area contributed by atoms with Crippen LogP contribution < -0.4 is 5.73 Å². The van der Waals surface area contributed by atoms with E-state index in [2.05, 4.69) is 6.07 Å².